The molecule has 0 spiro atoms. The molecule has 0 saturated heterocycles. The van der Waals surface area contributed by atoms with Crippen molar-refractivity contribution in [2.45, 2.75) is 20.4 Å². The van der Waals surface area contributed by atoms with E-state index < -0.39 is 5.97 Å². The van der Waals surface area contributed by atoms with Crippen molar-refractivity contribution in [3.8, 4) is 0 Å². The second kappa shape index (κ2) is 5.84. The summed E-state index contributed by atoms with van der Waals surface area (Å²) in [7, 11) is 0. The molecule has 1 rings (SSSR count). The average Bonchev–Trinajstić information content (AvgIpc) is 2.35. The number of aliphatic carboxylic acids is 1. The van der Waals surface area contributed by atoms with Gasteiger partial charge in [0.05, 0.1) is 0 Å². The van der Waals surface area contributed by atoms with Crippen LogP contribution in [0, 0.1) is 0 Å². The maximum atomic E-state index is 11.6. The van der Waals surface area contributed by atoms with E-state index in [0.29, 0.717) is 6.54 Å². The Kier molecular flexibility index (Phi) is 4.46. The van der Waals surface area contributed by atoms with Crippen molar-refractivity contribution in [3.63, 3.8) is 0 Å². The van der Waals surface area contributed by atoms with Crippen molar-refractivity contribution in [1.82, 2.24) is 5.32 Å². The van der Waals surface area contributed by atoms with Crippen LogP contribution in [-0.4, -0.2) is 17.0 Å². The lowest BCUT2D eigenvalue weighted by atomic mass is 10.1. The van der Waals surface area contributed by atoms with Gasteiger partial charge < -0.3 is 10.4 Å². The Bertz CT molecular complexity index is 449. The highest BCUT2D eigenvalue weighted by Gasteiger charge is 2.11. The van der Waals surface area contributed by atoms with Crippen LogP contribution in [-0.2, 0) is 16.1 Å². The molecular weight excluding hydrogens is 218 g/mol. The Morgan fingerprint density at radius 2 is 1.71 bits per heavy atom. The second-order valence-corrected chi connectivity index (χ2v) is 3.72. The molecule has 4 nitrogen and oxygen atoms in total. The van der Waals surface area contributed by atoms with Crippen LogP contribution in [0.3, 0.4) is 0 Å². The molecule has 0 unspecified atom stereocenters. The van der Waals surface area contributed by atoms with Gasteiger partial charge >= 0.3 is 5.97 Å². The molecule has 0 fully saturated rings. The van der Waals surface area contributed by atoms with Gasteiger partial charge in [-0.2, -0.15) is 0 Å². The summed E-state index contributed by atoms with van der Waals surface area (Å²) in [5.41, 5.74) is 1.27. The van der Waals surface area contributed by atoms with Gasteiger partial charge in [0.2, 0.25) is 5.91 Å². The van der Waals surface area contributed by atoms with Crippen LogP contribution in [0.15, 0.2) is 41.5 Å². The number of hydrogen-bond donors (Lipinski definition) is 2. The van der Waals surface area contributed by atoms with Crippen molar-refractivity contribution >= 4 is 11.9 Å². The quantitative estimate of drug-likeness (QED) is 0.778. The molecule has 1 amide bonds. The van der Waals surface area contributed by atoms with Gasteiger partial charge in [-0.25, -0.2) is 4.79 Å². The minimum Gasteiger partial charge on any atom is -0.478 e. The molecule has 0 radical (unpaired) electrons. The lowest BCUT2D eigenvalue weighted by Gasteiger charge is -2.06. The van der Waals surface area contributed by atoms with Crippen LogP contribution < -0.4 is 5.32 Å². The van der Waals surface area contributed by atoms with E-state index in [0.717, 1.165) is 5.56 Å². The monoisotopic (exact) mass is 233 g/mol. The van der Waals surface area contributed by atoms with Gasteiger partial charge in [0.25, 0.3) is 0 Å². The summed E-state index contributed by atoms with van der Waals surface area (Å²) in [4.78, 5) is 22.3. The van der Waals surface area contributed by atoms with Gasteiger partial charge in [0.1, 0.15) is 0 Å². The summed E-state index contributed by atoms with van der Waals surface area (Å²) >= 11 is 0. The number of carboxylic acid groups (broad SMARTS) is 1. The third-order valence-electron chi connectivity index (χ3n) is 2.52. The highest BCUT2D eigenvalue weighted by atomic mass is 16.4. The van der Waals surface area contributed by atoms with Crippen molar-refractivity contribution < 1.29 is 14.7 Å². The van der Waals surface area contributed by atoms with Crippen LogP contribution >= 0.6 is 0 Å². The molecule has 0 aromatic heterocycles. The summed E-state index contributed by atoms with van der Waals surface area (Å²) in [5, 5.41) is 11.4. The summed E-state index contributed by atoms with van der Waals surface area (Å²) in [6, 6.07) is 9.44. The first kappa shape index (κ1) is 13.0. The zero-order valence-electron chi connectivity index (χ0n) is 9.86. The zero-order chi connectivity index (χ0) is 12.8. The largest absolute Gasteiger partial charge is 0.478 e. The highest BCUT2D eigenvalue weighted by Crippen LogP contribution is 2.04. The summed E-state index contributed by atoms with van der Waals surface area (Å²) < 4.78 is 0. The lowest BCUT2D eigenvalue weighted by Crippen LogP contribution is -2.25. The van der Waals surface area contributed by atoms with Gasteiger partial charge in [-0.3, -0.25) is 4.79 Å². The molecule has 0 bridgehead atoms. The van der Waals surface area contributed by atoms with Crippen LogP contribution in [0.5, 0.6) is 0 Å². The Morgan fingerprint density at radius 1 is 1.12 bits per heavy atom. The molecule has 1 aromatic carbocycles. The molecule has 90 valence electrons. The Labute approximate surface area is 100.0 Å². The highest BCUT2D eigenvalue weighted by molar-refractivity contribution is 6.01. The van der Waals surface area contributed by atoms with E-state index in [1.165, 1.54) is 13.8 Å². The van der Waals surface area contributed by atoms with E-state index in [1.54, 1.807) is 0 Å². The van der Waals surface area contributed by atoms with Crippen molar-refractivity contribution in [2.24, 2.45) is 0 Å². The van der Waals surface area contributed by atoms with Crippen LogP contribution in [0.25, 0.3) is 0 Å². The smallest absolute Gasteiger partial charge is 0.331 e. The Balaban J connectivity index is 2.62. The molecular formula is C13H15NO3. The average molecular weight is 233 g/mol. The van der Waals surface area contributed by atoms with Crippen molar-refractivity contribution in [3.05, 3.63) is 47.0 Å². The second-order valence-electron chi connectivity index (χ2n) is 3.72. The third-order valence-corrected chi connectivity index (χ3v) is 2.52. The van der Waals surface area contributed by atoms with E-state index >= 15 is 0 Å². The predicted octanol–water partition coefficient (Wildman–Crippen LogP) is 1.72. The summed E-state index contributed by atoms with van der Waals surface area (Å²) in [5.74, 6) is -1.42. The third kappa shape index (κ3) is 3.75. The molecule has 0 saturated carbocycles. The molecule has 0 atom stereocenters. The number of carbonyl (C=O) groups is 2. The number of carboxylic acids is 1. The van der Waals surface area contributed by atoms with Crippen molar-refractivity contribution in [2.75, 3.05) is 0 Å². The van der Waals surface area contributed by atoms with E-state index in [9.17, 15) is 9.59 Å². The minimum atomic E-state index is -1.07. The predicted molar refractivity (Wildman–Crippen MR) is 64.3 cm³/mol. The van der Waals surface area contributed by atoms with E-state index in [-0.39, 0.29) is 17.1 Å². The van der Waals surface area contributed by atoms with Crippen LogP contribution in [0.2, 0.25) is 0 Å². The van der Waals surface area contributed by atoms with E-state index in [2.05, 4.69) is 5.32 Å². The SMILES string of the molecule is C/C(C(=O)O)=C(\C)C(=O)NCc1ccccc1. The maximum absolute atomic E-state index is 11.6. The Morgan fingerprint density at radius 3 is 2.24 bits per heavy atom. The van der Waals surface area contributed by atoms with Gasteiger partial charge in [0, 0.05) is 17.7 Å². The normalized spacial score (nSPS) is 11.6. The van der Waals surface area contributed by atoms with E-state index in [1.807, 2.05) is 30.3 Å². The first-order chi connectivity index (χ1) is 8.02. The Hall–Kier alpha value is -2.10. The molecule has 17 heavy (non-hydrogen) atoms. The fraction of sp³-hybridized carbons (Fsp3) is 0.231. The fourth-order valence-electron chi connectivity index (χ4n) is 1.24. The van der Waals surface area contributed by atoms with Crippen LogP contribution in [0.4, 0.5) is 0 Å². The minimum absolute atomic E-state index is 0.0653. The van der Waals surface area contributed by atoms with Gasteiger partial charge in [0.15, 0.2) is 0 Å². The molecule has 0 aliphatic rings. The van der Waals surface area contributed by atoms with Gasteiger partial charge in [-0.1, -0.05) is 30.3 Å². The first-order valence-electron chi connectivity index (χ1n) is 5.25. The number of amides is 1. The number of rotatable bonds is 4. The van der Waals surface area contributed by atoms with Crippen LogP contribution in [0.1, 0.15) is 19.4 Å². The molecule has 4 heteroatoms. The summed E-state index contributed by atoms with van der Waals surface area (Å²) in [6.07, 6.45) is 0. The number of hydrogen-bond acceptors (Lipinski definition) is 2. The molecule has 0 aliphatic carbocycles. The first-order valence-corrected chi connectivity index (χ1v) is 5.25. The number of nitrogens with one attached hydrogen (secondary N) is 1. The van der Waals surface area contributed by atoms with E-state index in [4.69, 9.17) is 5.11 Å². The molecule has 1 aromatic rings. The van der Waals surface area contributed by atoms with Crippen molar-refractivity contribution in [1.29, 1.82) is 0 Å². The maximum Gasteiger partial charge on any atom is 0.331 e. The lowest BCUT2D eigenvalue weighted by molar-refractivity contribution is -0.133. The zero-order valence-corrected chi connectivity index (χ0v) is 9.86. The number of carbonyl (C=O) groups excluding carboxylic acids is 1. The topological polar surface area (TPSA) is 66.4 Å². The standard InChI is InChI=1S/C13H15NO3/c1-9(10(2)13(16)17)12(15)14-8-11-6-4-3-5-7-11/h3-7H,8H2,1-2H3,(H,14,15)(H,16,17)/b10-9-. The fourth-order valence-corrected chi connectivity index (χ4v) is 1.24. The molecule has 2 N–H and O–H groups in total. The number of benzene rings is 1. The van der Waals surface area contributed by atoms with Gasteiger partial charge in [-0.15, -0.1) is 0 Å². The molecule has 0 aliphatic heterocycles. The summed E-state index contributed by atoms with van der Waals surface area (Å²) in [6.45, 7) is 3.31. The molecule has 0 heterocycles. The van der Waals surface area contributed by atoms with Gasteiger partial charge in [-0.05, 0) is 19.4 Å².